The van der Waals surface area contributed by atoms with Gasteiger partial charge >= 0.3 is 0 Å². The molecule has 4 N–H and O–H groups in total. The van der Waals surface area contributed by atoms with Crippen LogP contribution in [0.5, 0.6) is 0 Å². The number of aryl methyl sites for hydroxylation is 1. The number of nitrogens with two attached hydrogens (primary N) is 2. The quantitative estimate of drug-likeness (QED) is 0.246. The first-order valence-corrected chi connectivity index (χ1v) is 7.98. The summed E-state index contributed by atoms with van der Waals surface area (Å²) in [5, 5.41) is 9.64. The molecule has 114 valence electrons. The molecule has 1 aromatic heterocycles. The summed E-state index contributed by atoms with van der Waals surface area (Å²) in [6.45, 7) is 0.647. The van der Waals surface area contributed by atoms with Crippen molar-refractivity contribution in [3.05, 3.63) is 5.82 Å². The third kappa shape index (κ3) is 4.51. The maximum Gasteiger partial charge on any atom is 0.191 e. The summed E-state index contributed by atoms with van der Waals surface area (Å²) in [5.41, 5.74) is 10.6. The minimum Gasteiger partial charge on any atom is -0.370 e. The maximum atomic E-state index is 5.32. The van der Waals surface area contributed by atoms with Gasteiger partial charge in [-0.1, -0.05) is 24.6 Å². The Morgan fingerprint density at radius 1 is 1.35 bits per heavy atom. The SMILES string of the molecule is CSc1nnc(CCCN=C(N)N)n1C1CCCC1.I. The van der Waals surface area contributed by atoms with Gasteiger partial charge in [-0.05, 0) is 25.5 Å². The molecule has 6 nitrogen and oxygen atoms in total. The van der Waals surface area contributed by atoms with Gasteiger partial charge in [-0.2, -0.15) is 0 Å². The Morgan fingerprint density at radius 3 is 2.65 bits per heavy atom. The van der Waals surface area contributed by atoms with Crippen LogP contribution in [0.2, 0.25) is 0 Å². The van der Waals surface area contributed by atoms with Crippen LogP contribution >= 0.6 is 35.7 Å². The van der Waals surface area contributed by atoms with Crippen molar-refractivity contribution < 1.29 is 0 Å². The van der Waals surface area contributed by atoms with Gasteiger partial charge in [0, 0.05) is 19.0 Å². The number of rotatable bonds is 6. The fourth-order valence-electron chi connectivity index (χ4n) is 2.59. The Bertz CT molecular complexity index is 437. The van der Waals surface area contributed by atoms with E-state index in [1.54, 1.807) is 11.8 Å². The lowest BCUT2D eigenvalue weighted by molar-refractivity contribution is 0.461. The van der Waals surface area contributed by atoms with Crippen LogP contribution in [0.25, 0.3) is 0 Å². The number of halogens is 1. The Morgan fingerprint density at radius 2 is 2.05 bits per heavy atom. The van der Waals surface area contributed by atoms with Crippen LogP contribution in [0.15, 0.2) is 10.1 Å². The van der Waals surface area contributed by atoms with Crippen LogP contribution in [0, 0.1) is 0 Å². The highest BCUT2D eigenvalue weighted by Crippen LogP contribution is 2.33. The third-order valence-electron chi connectivity index (χ3n) is 3.46. The smallest absolute Gasteiger partial charge is 0.191 e. The molecule has 1 aromatic rings. The second kappa shape index (κ2) is 8.71. The van der Waals surface area contributed by atoms with Crippen molar-refractivity contribution in [2.75, 3.05) is 12.8 Å². The second-order valence-electron chi connectivity index (χ2n) is 4.82. The summed E-state index contributed by atoms with van der Waals surface area (Å²) >= 11 is 1.67. The molecule has 0 atom stereocenters. The van der Waals surface area contributed by atoms with E-state index in [0.717, 1.165) is 23.8 Å². The molecule has 0 radical (unpaired) electrons. The first-order chi connectivity index (χ1) is 9.22. The van der Waals surface area contributed by atoms with Gasteiger partial charge in [-0.3, -0.25) is 4.99 Å². The summed E-state index contributed by atoms with van der Waals surface area (Å²) < 4.78 is 2.33. The monoisotopic (exact) mass is 410 g/mol. The van der Waals surface area contributed by atoms with Gasteiger partial charge in [0.25, 0.3) is 0 Å². The van der Waals surface area contributed by atoms with Crippen molar-refractivity contribution in [1.29, 1.82) is 0 Å². The van der Waals surface area contributed by atoms with Crippen molar-refractivity contribution in [1.82, 2.24) is 14.8 Å². The Kier molecular flexibility index (Phi) is 7.63. The molecule has 0 aromatic carbocycles. The summed E-state index contributed by atoms with van der Waals surface area (Å²) in [6.07, 6.45) is 8.93. The van der Waals surface area contributed by atoms with Crippen molar-refractivity contribution >= 4 is 41.7 Å². The van der Waals surface area contributed by atoms with E-state index in [0.29, 0.717) is 12.6 Å². The van der Waals surface area contributed by atoms with Gasteiger partial charge in [0.1, 0.15) is 5.82 Å². The highest BCUT2D eigenvalue weighted by molar-refractivity contribution is 14.0. The topological polar surface area (TPSA) is 95.1 Å². The van der Waals surface area contributed by atoms with Crippen LogP contribution in [-0.2, 0) is 6.42 Å². The number of guanidine groups is 1. The maximum absolute atomic E-state index is 5.32. The number of aliphatic imine (C=N–C) groups is 1. The first kappa shape index (κ1) is 17.5. The Hall–Kier alpha value is -0.510. The van der Waals surface area contributed by atoms with E-state index in [-0.39, 0.29) is 29.9 Å². The van der Waals surface area contributed by atoms with Crippen LogP contribution in [0.4, 0.5) is 0 Å². The van der Waals surface area contributed by atoms with E-state index in [2.05, 4.69) is 26.0 Å². The van der Waals surface area contributed by atoms with Gasteiger partial charge in [0.05, 0.1) is 0 Å². The number of hydrogen-bond donors (Lipinski definition) is 2. The summed E-state index contributed by atoms with van der Waals surface area (Å²) in [4.78, 5) is 4.00. The molecule has 1 heterocycles. The normalized spacial score (nSPS) is 15.1. The van der Waals surface area contributed by atoms with E-state index in [4.69, 9.17) is 11.5 Å². The van der Waals surface area contributed by atoms with E-state index in [9.17, 15) is 0 Å². The molecule has 0 unspecified atom stereocenters. The van der Waals surface area contributed by atoms with Crippen LogP contribution < -0.4 is 11.5 Å². The number of nitrogens with zero attached hydrogens (tertiary/aromatic N) is 4. The molecule has 1 aliphatic carbocycles. The van der Waals surface area contributed by atoms with Crippen LogP contribution in [-0.4, -0.2) is 33.5 Å². The zero-order chi connectivity index (χ0) is 13.7. The van der Waals surface area contributed by atoms with Crippen molar-refractivity contribution in [3.8, 4) is 0 Å². The van der Waals surface area contributed by atoms with Gasteiger partial charge < -0.3 is 16.0 Å². The molecule has 0 aliphatic heterocycles. The minimum atomic E-state index is 0. The number of aromatic nitrogens is 3. The zero-order valence-electron chi connectivity index (χ0n) is 11.8. The lowest BCUT2D eigenvalue weighted by Gasteiger charge is -2.15. The molecular weight excluding hydrogens is 387 g/mol. The van der Waals surface area contributed by atoms with E-state index in [1.807, 2.05) is 0 Å². The largest absolute Gasteiger partial charge is 0.370 e. The average Bonchev–Trinajstić information content (AvgIpc) is 3.02. The van der Waals surface area contributed by atoms with Gasteiger partial charge in [-0.15, -0.1) is 34.2 Å². The average molecular weight is 410 g/mol. The molecule has 1 saturated carbocycles. The van der Waals surface area contributed by atoms with E-state index >= 15 is 0 Å². The molecule has 1 aliphatic rings. The van der Waals surface area contributed by atoms with E-state index < -0.39 is 0 Å². The number of thioether (sulfide) groups is 1. The predicted octanol–water partition coefficient (Wildman–Crippen LogP) is 1.94. The summed E-state index contributed by atoms with van der Waals surface area (Å²) in [7, 11) is 0. The van der Waals surface area contributed by atoms with Gasteiger partial charge in [0.15, 0.2) is 11.1 Å². The highest BCUT2D eigenvalue weighted by Gasteiger charge is 2.23. The number of hydrogen-bond acceptors (Lipinski definition) is 4. The molecule has 0 spiro atoms. The van der Waals surface area contributed by atoms with Crippen LogP contribution in [0.1, 0.15) is 44.0 Å². The zero-order valence-corrected chi connectivity index (χ0v) is 14.9. The Balaban J connectivity index is 0.00000200. The summed E-state index contributed by atoms with van der Waals surface area (Å²) in [6, 6.07) is 0.579. The van der Waals surface area contributed by atoms with Crippen LogP contribution in [0.3, 0.4) is 0 Å². The van der Waals surface area contributed by atoms with E-state index in [1.165, 1.54) is 25.7 Å². The molecule has 0 amide bonds. The molecule has 0 saturated heterocycles. The molecule has 1 fully saturated rings. The van der Waals surface area contributed by atoms with Gasteiger partial charge in [-0.25, -0.2) is 0 Å². The first-order valence-electron chi connectivity index (χ1n) is 6.75. The van der Waals surface area contributed by atoms with Crippen molar-refractivity contribution in [2.45, 2.75) is 49.7 Å². The van der Waals surface area contributed by atoms with Crippen molar-refractivity contribution in [3.63, 3.8) is 0 Å². The molecule has 0 bridgehead atoms. The molecule has 20 heavy (non-hydrogen) atoms. The van der Waals surface area contributed by atoms with Gasteiger partial charge in [0.2, 0.25) is 0 Å². The lowest BCUT2D eigenvalue weighted by Crippen LogP contribution is -2.23. The highest BCUT2D eigenvalue weighted by atomic mass is 127. The lowest BCUT2D eigenvalue weighted by atomic mass is 10.2. The fourth-order valence-corrected chi connectivity index (χ4v) is 3.17. The van der Waals surface area contributed by atoms with Crippen molar-refractivity contribution in [2.24, 2.45) is 16.5 Å². The Labute approximate surface area is 141 Å². The molecule has 2 rings (SSSR count). The summed E-state index contributed by atoms with van der Waals surface area (Å²) in [5.74, 6) is 1.23. The minimum absolute atomic E-state index is 0. The predicted molar refractivity (Wildman–Crippen MR) is 93.7 cm³/mol. The standard InChI is InChI=1S/C12H22N6S.HI/c1-19-12-17-16-10(7-4-8-15-11(13)14)18(12)9-5-2-3-6-9;/h9H,2-8H2,1H3,(H4,13,14,15);1H. The molecule has 8 heteroatoms. The molecular formula is C12H23IN6S. The second-order valence-corrected chi connectivity index (χ2v) is 5.59. The third-order valence-corrected chi connectivity index (χ3v) is 4.10. The fraction of sp³-hybridized carbons (Fsp3) is 0.750.